The molecule has 110 valence electrons. The summed E-state index contributed by atoms with van der Waals surface area (Å²) in [7, 11) is 1.65. The Balaban J connectivity index is 1.83. The van der Waals surface area contributed by atoms with Crippen LogP contribution < -0.4 is 19.1 Å². The highest BCUT2D eigenvalue weighted by Gasteiger charge is 2.16. The van der Waals surface area contributed by atoms with Crippen molar-refractivity contribution in [2.45, 2.75) is 11.8 Å². The molecule has 0 spiro atoms. The van der Waals surface area contributed by atoms with Crippen LogP contribution in [0, 0.1) is 0 Å². The number of rotatable bonds is 4. The Hall–Kier alpha value is -1.85. The third-order valence-electron chi connectivity index (χ3n) is 3.37. The molecule has 0 unspecified atom stereocenters. The normalized spacial score (nSPS) is 13.7. The fourth-order valence-corrected chi connectivity index (χ4v) is 3.11. The Morgan fingerprint density at radius 2 is 1.95 bits per heavy atom. The Morgan fingerprint density at radius 3 is 2.76 bits per heavy atom. The summed E-state index contributed by atoms with van der Waals surface area (Å²) >= 11 is 1.64. The average Bonchev–Trinajstić information content (AvgIpc) is 2.54. The molecule has 0 aromatic heterocycles. The summed E-state index contributed by atoms with van der Waals surface area (Å²) in [6, 6.07) is 13.8. The summed E-state index contributed by atoms with van der Waals surface area (Å²) in [4.78, 5) is 3.48. The van der Waals surface area contributed by atoms with Crippen molar-refractivity contribution in [1.29, 1.82) is 0 Å². The van der Waals surface area contributed by atoms with E-state index in [4.69, 9.17) is 9.47 Å². The molecule has 1 aliphatic heterocycles. The molecule has 0 bridgehead atoms. The van der Waals surface area contributed by atoms with Gasteiger partial charge in [-0.05, 0) is 49.2 Å². The highest BCUT2D eigenvalue weighted by atomic mass is 32.2. The van der Waals surface area contributed by atoms with Gasteiger partial charge in [0.05, 0.1) is 19.5 Å². The standard InChI is InChI=1S/C16H18N2O2S/c1-3-18-11-17-21-16-10-14(7-8-15(16)18)20-13-6-4-5-12(9-13)19-2/h4-10,17H,3,11H2,1-2H3. The lowest BCUT2D eigenvalue weighted by Crippen LogP contribution is -2.34. The second kappa shape index (κ2) is 6.28. The molecule has 3 rings (SSSR count). The number of nitrogens with zero attached hydrogens (tertiary/aromatic N) is 1. The van der Waals surface area contributed by atoms with Gasteiger partial charge in [-0.25, -0.2) is 4.72 Å². The monoisotopic (exact) mass is 302 g/mol. The van der Waals surface area contributed by atoms with Crippen molar-refractivity contribution in [3.63, 3.8) is 0 Å². The lowest BCUT2D eigenvalue weighted by atomic mass is 10.2. The molecule has 1 heterocycles. The van der Waals surface area contributed by atoms with E-state index >= 15 is 0 Å². The van der Waals surface area contributed by atoms with Gasteiger partial charge in [-0.2, -0.15) is 0 Å². The quantitative estimate of drug-likeness (QED) is 0.867. The second-order valence-electron chi connectivity index (χ2n) is 4.67. The van der Waals surface area contributed by atoms with Crippen molar-refractivity contribution >= 4 is 17.6 Å². The third-order valence-corrected chi connectivity index (χ3v) is 4.19. The average molecular weight is 302 g/mol. The highest BCUT2D eigenvalue weighted by molar-refractivity contribution is 7.97. The molecule has 1 aliphatic rings. The number of hydrogen-bond acceptors (Lipinski definition) is 5. The Morgan fingerprint density at radius 1 is 1.14 bits per heavy atom. The summed E-state index contributed by atoms with van der Waals surface area (Å²) in [6.45, 7) is 4.00. The molecule has 4 nitrogen and oxygen atoms in total. The fraction of sp³-hybridized carbons (Fsp3) is 0.250. The summed E-state index contributed by atoms with van der Waals surface area (Å²) in [5.41, 5.74) is 1.25. The maximum atomic E-state index is 5.92. The van der Waals surface area contributed by atoms with Crippen molar-refractivity contribution < 1.29 is 9.47 Å². The van der Waals surface area contributed by atoms with Crippen molar-refractivity contribution in [2.75, 3.05) is 25.2 Å². The SMILES string of the molecule is CCN1CNSc2cc(Oc3cccc(OC)c3)ccc21. The minimum absolute atomic E-state index is 0.774. The number of anilines is 1. The van der Waals surface area contributed by atoms with Crippen LogP contribution >= 0.6 is 11.9 Å². The molecule has 5 heteroatoms. The van der Waals surface area contributed by atoms with E-state index in [0.717, 1.165) is 30.5 Å². The van der Waals surface area contributed by atoms with E-state index in [1.54, 1.807) is 19.1 Å². The molecule has 0 aliphatic carbocycles. The minimum Gasteiger partial charge on any atom is -0.497 e. The van der Waals surface area contributed by atoms with Crippen LogP contribution in [0.2, 0.25) is 0 Å². The fourth-order valence-electron chi connectivity index (χ4n) is 2.26. The van der Waals surface area contributed by atoms with Gasteiger partial charge in [0.1, 0.15) is 17.2 Å². The minimum atomic E-state index is 0.774. The van der Waals surface area contributed by atoms with Gasteiger partial charge >= 0.3 is 0 Å². The number of hydrogen-bond donors (Lipinski definition) is 1. The van der Waals surface area contributed by atoms with Gasteiger partial charge in [-0.1, -0.05) is 6.07 Å². The zero-order chi connectivity index (χ0) is 14.7. The molecule has 2 aromatic rings. The predicted octanol–water partition coefficient (Wildman–Crippen LogP) is 3.88. The van der Waals surface area contributed by atoms with Crippen LogP contribution in [-0.2, 0) is 0 Å². The van der Waals surface area contributed by atoms with E-state index < -0.39 is 0 Å². The van der Waals surface area contributed by atoms with Crippen LogP contribution in [0.4, 0.5) is 5.69 Å². The van der Waals surface area contributed by atoms with Gasteiger partial charge in [0.25, 0.3) is 0 Å². The number of fused-ring (bicyclic) bond motifs is 1. The molecule has 0 fully saturated rings. The zero-order valence-electron chi connectivity index (χ0n) is 12.1. The molecule has 0 saturated heterocycles. The van der Waals surface area contributed by atoms with Crippen LogP contribution in [0.3, 0.4) is 0 Å². The molecule has 0 saturated carbocycles. The summed E-state index contributed by atoms with van der Waals surface area (Å²) < 4.78 is 14.4. The number of methoxy groups -OCH3 is 1. The van der Waals surface area contributed by atoms with Crippen LogP contribution in [0.5, 0.6) is 17.2 Å². The van der Waals surface area contributed by atoms with Crippen LogP contribution in [-0.4, -0.2) is 20.3 Å². The number of ether oxygens (including phenoxy) is 2. The van der Waals surface area contributed by atoms with Crippen molar-refractivity contribution in [3.05, 3.63) is 42.5 Å². The van der Waals surface area contributed by atoms with E-state index in [9.17, 15) is 0 Å². The summed E-state index contributed by atoms with van der Waals surface area (Å²) in [6.07, 6.45) is 0. The maximum absolute atomic E-state index is 5.92. The first-order valence-corrected chi connectivity index (χ1v) is 7.72. The third kappa shape index (κ3) is 3.09. The van der Waals surface area contributed by atoms with Gasteiger partial charge in [-0.15, -0.1) is 0 Å². The predicted molar refractivity (Wildman–Crippen MR) is 86.4 cm³/mol. The summed E-state index contributed by atoms with van der Waals surface area (Å²) in [5, 5.41) is 0. The van der Waals surface area contributed by atoms with Crippen molar-refractivity contribution in [3.8, 4) is 17.2 Å². The molecule has 0 radical (unpaired) electrons. The van der Waals surface area contributed by atoms with Crippen LogP contribution in [0.25, 0.3) is 0 Å². The smallest absolute Gasteiger partial charge is 0.131 e. The highest BCUT2D eigenvalue weighted by Crippen LogP contribution is 2.36. The molecule has 0 atom stereocenters. The van der Waals surface area contributed by atoms with Crippen LogP contribution in [0.1, 0.15) is 6.92 Å². The number of benzene rings is 2. The summed E-state index contributed by atoms with van der Waals surface area (Å²) in [5.74, 6) is 2.39. The second-order valence-corrected chi connectivity index (χ2v) is 5.60. The molecule has 1 N–H and O–H groups in total. The Bertz CT molecular complexity index is 633. The van der Waals surface area contributed by atoms with Crippen LogP contribution in [0.15, 0.2) is 47.4 Å². The van der Waals surface area contributed by atoms with E-state index in [0.29, 0.717) is 0 Å². The first kappa shape index (κ1) is 14.1. The largest absolute Gasteiger partial charge is 0.497 e. The van der Waals surface area contributed by atoms with Gasteiger partial charge < -0.3 is 14.4 Å². The van der Waals surface area contributed by atoms with Crippen molar-refractivity contribution in [2.24, 2.45) is 0 Å². The van der Waals surface area contributed by atoms with Gasteiger partial charge in [-0.3, -0.25) is 0 Å². The lowest BCUT2D eigenvalue weighted by molar-refractivity contribution is 0.409. The van der Waals surface area contributed by atoms with E-state index in [1.807, 2.05) is 30.3 Å². The van der Waals surface area contributed by atoms with Crippen molar-refractivity contribution in [1.82, 2.24) is 4.72 Å². The maximum Gasteiger partial charge on any atom is 0.131 e. The molecule has 21 heavy (non-hydrogen) atoms. The van der Waals surface area contributed by atoms with Gasteiger partial charge in [0.15, 0.2) is 0 Å². The van der Waals surface area contributed by atoms with E-state index in [1.165, 1.54) is 10.6 Å². The number of nitrogens with one attached hydrogen (secondary N) is 1. The zero-order valence-corrected chi connectivity index (χ0v) is 12.9. The molecular weight excluding hydrogens is 284 g/mol. The van der Waals surface area contributed by atoms with Gasteiger partial charge in [0, 0.05) is 17.5 Å². The Labute approximate surface area is 129 Å². The van der Waals surface area contributed by atoms with E-state index in [-0.39, 0.29) is 0 Å². The first-order valence-electron chi connectivity index (χ1n) is 6.90. The Kier molecular flexibility index (Phi) is 4.22. The molecule has 2 aromatic carbocycles. The first-order chi connectivity index (χ1) is 10.3. The molecule has 0 amide bonds. The molecular formula is C16H18N2O2S. The van der Waals surface area contributed by atoms with E-state index in [2.05, 4.69) is 28.7 Å². The topological polar surface area (TPSA) is 33.7 Å². The lowest BCUT2D eigenvalue weighted by Gasteiger charge is -2.30. The van der Waals surface area contributed by atoms with Gasteiger partial charge in [0.2, 0.25) is 0 Å².